The topological polar surface area (TPSA) is 88.4 Å². The Morgan fingerprint density at radius 1 is 1.55 bits per heavy atom. The quantitative estimate of drug-likeness (QED) is 0.589. The third kappa shape index (κ3) is 3.85. The van der Waals surface area contributed by atoms with E-state index in [9.17, 15) is 13.2 Å². The van der Waals surface area contributed by atoms with E-state index in [1.54, 1.807) is 13.8 Å². The summed E-state index contributed by atoms with van der Waals surface area (Å²) >= 11 is 0. The van der Waals surface area contributed by atoms with Gasteiger partial charge in [0, 0.05) is 25.2 Å². The Bertz CT molecular complexity index is 623. The van der Waals surface area contributed by atoms with Crippen LogP contribution in [0.5, 0.6) is 0 Å². The van der Waals surface area contributed by atoms with Gasteiger partial charge < -0.3 is 9.67 Å². The average Bonchev–Trinajstić information content (AvgIpc) is 2.80. The third-order valence-electron chi connectivity index (χ3n) is 2.70. The Balaban J connectivity index is 2.99. The highest BCUT2D eigenvalue weighted by Crippen LogP contribution is 2.18. The Kier molecular flexibility index (Phi) is 5.36. The predicted molar refractivity (Wildman–Crippen MR) is 75.0 cm³/mol. The van der Waals surface area contributed by atoms with Gasteiger partial charge in [0.15, 0.2) is 0 Å². The molecule has 0 aromatic carbocycles. The lowest BCUT2D eigenvalue weighted by Gasteiger charge is -2.09. The van der Waals surface area contributed by atoms with Gasteiger partial charge >= 0.3 is 5.97 Å². The van der Waals surface area contributed by atoms with Crippen molar-refractivity contribution >= 4 is 16.0 Å². The number of carboxylic acids is 1. The molecule has 1 aromatic rings. The summed E-state index contributed by atoms with van der Waals surface area (Å²) in [7, 11) is -3.71. The zero-order chi connectivity index (χ0) is 15.3. The Morgan fingerprint density at radius 3 is 2.65 bits per heavy atom. The number of rotatable bonds is 7. The van der Waals surface area contributed by atoms with Crippen LogP contribution in [-0.4, -0.2) is 30.6 Å². The van der Waals surface area contributed by atoms with Gasteiger partial charge in [-0.15, -0.1) is 12.3 Å². The summed E-state index contributed by atoms with van der Waals surface area (Å²) in [5.74, 6) is 1.26. The Hall–Kier alpha value is -1.78. The molecule has 0 amide bonds. The lowest BCUT2D eigenvalue weighted by Crippen LogP contribution is -2.24. The third-order valence-corrected chi connectivity index (χ3v) is 4.13. The number of nitrogens with one attached hydrogen (secondary N) is 1. The van der Waals surface area contributed by atoms with E-state index in [2.05, 4.69) is 10.6 Å². The van der Waals surface area contributed by atoms with Gasteiger partial charge in [0.2, 0.25) is 10.0 Å². The van der Waals surface area contributed by atoms with Crippen LogP contribution in [0.25, 0.3) is 0 Å². The number of hydrogen-bond donors (Lipinski definition) is 2. The zero-order valence-electron chi connectivity index (χ0n) is 11.5. The number of hydrogen-bond acceptors (Lipinski definition) is 3. The van der Waals surface area contributed by atoms with Crippen molar-refractivity contribution in [3.8, 4) is 12.3 Å². The first-order chi connectivity index (χ1) is 9.29. The standard InChI is InChI=1S/C13H18N2O4S/c1-4-5-6-7-14-20(18,19)11-8-12(13(16)17)15(9-11)10(2)3/h1,8-10,14H,5-7H2,2-3H3,(H,16,17). The summed E-state index contributed by atoms with van der Waals surface area (Å²) in [4.78, 5) is 11.1. The second-order valence-corrected chi connectivity index (χ2v) is 6.34. The van der Waals surface area contributed by atoms with Crippen LogP contribution in [0.2, 0.25) is 0 Å². The lowest BCUT2D eigenvalue weighted by molar-refractivity contribution is 0.0683. The molecular weight excluding hydrogens is 280 g/mol. The summed E-state index contributed by atoms with van der Waals surface area (Å²) in [5.41, 5.74) is -0.0519. The molecule has 0 saturated carbocycles. The molecule has 110 valence electrons. The van der Waals surface area contributed by atoms with E-state index in [1.807, 2.05) is 0 Å². The van der Waals surface area contributed by atoms with Crippen LogP contribution in [0.1, 0.15) is 43.2 Å². The normalized spacial score (nSPS) is 11.5. The first kappa shape index (κ1) is 16.3. The van der Waals surface area contributed by atoms with Crippen molar-refractivity contribution in [2.75, 3.05) is 6.54 Å². The monoisotopic (exact) mass is 298 g/mol. The number of carbonyl (C=O) groups is 1. The van der Waals surface area contributed by atoms with Gasteiger partial charge in [-0.2, -0.15) is 0 Å². The van der Waals surface area contributed by atoms with E-state index in [0.717, 1.165) is 6.07 Å². The minimum Gasteiger partial charge on any atom is -0.477 e. The summed E-state index contributed by atoms with van der Waals surface area (Å²) in [6.45, 7) is 3.79. The van der Waals surface area contributed by atoms with Crippen LogP contribution < -0.4 is 4.72 Å². The maximum atomic E-state index is 12.0. The van der Waals surface area contributed by atoms with Crippen molar-refractivity contribution in [3.05, 3.63) is 18.0 Å². The van der Waals surface area contributed by atoms with Crippen LogP contribution in [0.15, 0.2) is 17.2 Å². The van der Waals surface area contributed by atoms with E-state index in [4.69, 9.17) is 11.5 Å². The fourth-order valence-corrected chi connectivity index (χ4v) is 2.78. The molecule has 7 heteroatoms. The molecule has 0 aliphatic heterocycles. The molecule has 0 aliphatic carbocycles. The van der Waals surface area contributed by atoms with Gasteiger partial charge in [-0.25, -0.2) is 17.9 Å². The highest BCUT2D eigenvalue weighted by atomic mass is 32.2. The fourth-order valence-electron chi connectivity index (χ4n) is 1.68. The zero-order valence-corrected chi connectivity index (χ0v) is 12.3. The predicted octanol–water partition coefficient (Wildman–Crippen LogP) is 1.46. The summed E-state index contributed by atoms with van der Waals surface area (Å²) in [6.07, 6.45) is 7.43. The van der Waals surface area contributed by atoms with Gasteiger partial charge in [-0.3, -0.25) is 0 Å². The first-order valence-corrected chi connectivity index (χ1v) is 7.66. The smallest absolute Gasteiger partial charge is 0.352 e. The number of carboxylic acid groups (broad SMARTS) is 1. The van der Waals surface area contributed by atoms with Crippen LogP contribution in [0.4, 0.5) is 0 Å². The van der Waals surface area contributed by atoms with Gasteiger partial charge in [0.25, 0.3) is 0 Å². The first-order valence-electron chi connectivity index (χ1n) is 6.18. The molecule has 20 heavy (non-hydrogen) atoms. The van der Waals surface area contributed by atoms with E-state index < -0.39 is 16.0 Å². The Labute approximate surface area is 118 Å². The molecule has 1 rings (SSSR count). The SMILES string of the molecule is C#CCCCNS(=O)(=O)c1cc(C(=O)O)n(C(C)C)c1. The molecule has 0 fully saturated rings. The molecule has 6 nitrogen and oxygen atoms in total. The molecule has 0 radical (unpaired) electrons. The average molecular weight is 298 g/mol. The van der Waals surface area contributed by atoms with E-state index in [-0.39, 0.29) is 23.2 Å². The van der Waals surface area contributed by atoms with Gasteiger partial charge in [0.05, 0.1) is 0 Å². The van der Waals surface area contributed by atoms with E-state index in [1.165, 1.54) is 10.8 Å². The summed E-state index contributed by atoms with van der Waals surface area (Å²) in [5, 5.41) is 9.08. The lowest BCUT2D eigenvalue weighted by atomic mass is 10.3. The number of unbranched alkanes of at least 4 members (excludes halogenated alkanes) is 1. The van der Waals surface area contributed by atoms with Gasteiger partial charge in [0.1, 0.15) is 10.6 Å². The second-order valence-electron chi connectivity index (χ2n) is 4.57. The molecule has 1 aromatic heterocycles. The summed E-state index contributed by atoms with van der Waals surface area (Å²) < 4.78 is 27.9. The number of aromatic carboxylic acids is 1. The molecule has 0 saturated heterocycles. The highest BCUT2D eigenvalue weighted by Gasteiger charge is 2.21. The Morgan fingerprint density at radius 2 is 2.20 bits per heavy atom. The van der Waals surface area contributed by atoms with Crippen LogP contribution in [0.3, 0.4) is 0 Å². The minimum absolute atomic E-state index is 0.0516. The summed E-state index contributed by atoms with van der Waals surface area (Å²) in [6, 6.07) is 1.01. The number of aromatic nitrogens is 1. The largest absolute Gasteiger partial charge is 0.477 e. The maximum absolute atomic E-state index is 12.0. The van der Waals surface area contributed by atoms with Gasteiger partial charge in [-0.1, -0.05) is 0 Å². The van der Waals surface area contributed by atoms with Gasteiger partial charge in [-0.05, 0) is 26.3 Å². The second kappa shape index (κ2) is 6.59. The molecule has 0 bridgehead atoms. The number of sulfonamides is 1. The minimum atomic E-state index is -3.71. The number of terminal acetylenes is 1. The van der Waals surface area contributed by atoms with Crippen molar-refractivity contribution < 1.29 is 18.3 Å². The van der Waals surface area contributed by atoms with Crippen LogP contribution in [0, 0.1) is 12.3 Å². The molecule has 0 unspecified atom stereocenters. The highest BCUT2D eigenvalue weighted by molar-refractivity contribution is 7.89. The molecule has 0 aliphatic rings. The van der Waals surface area contributed by atoms with Crippen LogP contribution >= 0.6 is 0 Å². The van der Waals surface area contributed by atoms with Crippen LogP contribution in [-0.2, 0) is 10.0 Å². The maximum Gasteiger partial charge on any atom is 0.352 e. The molecule has 0 spiro atoms. The molecule has 2 N–H and O–H groups in total. The van der Waals surface area contributed by atoms with Crippen molar-refractivity contribution in [3.63, 3.8) is 0 Å². The number of nitrogens with zero attached hydrogens (tertiary/aromatic N) is 1. The van der Waals surface area contributed by atoms with Crippen molar-refractivity contribution in [1.29, 1.82) is 0 Å². The van der Waals surface area contributed by atoms with Crippen molar-refractivity contribution in [1.82, 2.24) is 9.29 Å². The van der Waals surface area contributed by atoms with E-state index >= 15 is 0 Å². The fraction of sp³-hybridized carbons (Fsp3) is 0.462. The molecular formula is C13H18N2O4S. The van der Waals surface area contributed by atoms with Crippen molar-refractivity contribution in [2.45, 2.75) is 37.6 Å². The van der Waals surface area contributed by atoms with E-state index in [0.29, 0.717) is 12.8 Å². The molecule has 1 heterocycles. The van der Waals surface area contributed by atoms with Crippen molar-refractivity contribution in [2.24, 2.45) is 0 Å². The molecule has 0 atom stereocenters.